The molecule has 1 heterocycles. The maximum atomic E-state index is 8.82. The molecule has 0 saturated heterocycles. The van der Waals surface area contributed by atoms with E-state index in [1.54, 1.807) is 20.3 Å². The fraction of sp³-hybridized carbons (Fsp3) is 0.143. The van der Waals surface area contributed by atoms with Crippen LogP contribution >= 0.6 is 11.8 Å². The van der Waals surface area contributed by atoms with Crippen LogP contribution in [0.3, 0.4) is 0 Å². The van der Waals surface area contributed by atoms with Gasteiger partial charge in [0.1, 0.15) is 16.8 Å². The van der Waals surface area contributed by atoms with Gasteiger partial charge in [-0.25, -0.2) is 4.98 Å². The molecular formula is C14H12N2O2S. The topological polar surface area (TPSA) is 55.1 Å². The number of benzene rings is 1. The highest BCUT2D eigenvalue weighted by molar-refractivity contribution is 7.99. The molecule has 19 heavy (non-hydrogen) atoms. The Kier molecular flexibility index (Phi) is 4.26. The van der Waals surface area contributed by atoms with E-state index in [1.807, 2.05) is 36.4 Å². The smallest absolute Gasteiger partial charge is 0.161 e. The number of methoxy groups -OCH3 is 2. The Morgan fingerprint density at radius 3 is 2.58 bits per heavy atom. The first kappa shape index (κ1) is 13.2. The van der Waals surface area contributed by atoms with Gasteiger partial charge in [-0.15, -0.1) is 0 Å². The SMILES string of the molecule is COc1ccc(Sc2cccc(C#N)n2)cc1OC. The summed E-state index contributed by atoms with van der Waals surface area (Å²) in [6, 6.07) is 13.0. The zero-order valence-electron chi connectivity index (χ0n) is 10.6. The van der Waals surface area contributed by atoms with Crippen LogP contribution < -0.4 is 9.47 Å². The molecule has 0 aliphatic carbocycles. The standard InChI is InChI=1S/C14H12N2O2S/c1-17-12-7-6-11(8-13(12)18-2)19-14-5-3-4-10(9-15)16-14/h3-8H,1-2H3. The third kappa shape index (κ3) is 3.18. The molecular weight excluding hydrogens is 260 g/mol. The number of hydrogen-bond donors (Lipinski definition) is 0. The summed E-state index contributed by atoms with van der Waals surface area (Å²) in [5, 5.41) is 9.59. The third-order valence-electron chi connectivity index (χ3n) is 2.42. The molecule has 0 amide bonds. The van der Waals surface area contributed by atoms with Crippen LogP contribution in [0.25, 0.3) is 0 Å². The molecule has 0 N–H and O–H groups in total. The molecule has 1 aromatic heterocycles. The van der Waals surface area contributed by atoms with Crippen LogP contribution in [0.2, 0.25) is 0 Å². The summed E-state index contributed by atoms with van der Waals surface area (Å²) in [4.78, 5) is 5.19. The number of nitrogens with zero attached hydrogens (tertiary/aromatic N) is 2. The van der Waals surface area contributed by atoms with Crippen LogP contribution in [0.1, 0.15) is 5.69 Å². The molecule has 0 aliphatic heterocycles. The summed E-state index contributed by atoms with van der Waals surface area (Å²) in [5.41, 5.74) is 0.408. The molecule has 4 nitrogen and oxygen atoms in total. The molecule has 5 heteroatoms. The predicted octanol–water partition coefficient (Wildman–Crippen LogP) is 3.12. The summed E-state index contributed by atoms with van der Waals surface area (Å²) >= 11 is 1.47. The van der Waals surface area contributed by atoms with Gasteiger partial charge in [-0.1, -0.05) is 17.8 Å². The van der Waals surface area contributed by atoms with Gasteiger partial charge in [0.2, 0.25) is 0 Å². The lowest BCUT2D eigenvalue weighted by atomic mass is 10.3. The average Bonchev–Trinajstić information content (AvgIpc) is 2.47. The van der Waals surface area contributed by atoms with Crippen molar-refractivity contribution in [2.24, 2.45) is 0 Å². The van der Waals surface area contributed by atoms with Crippen LogP contribution in [-0.4, -0.2) is 19.2 Å². The van der Waals surface area contributed by atoms with Gasteiger partial charge < -0.3 is 9.47 Å². The molecule has 0 unspecified atom stereocenters. The van der Waals surface area contributed by atoms with E-state index in [1.165, 1.54) is 11.8 Å². The maximum Gasteiger partial charge on any atom is 0.161 e. The molecule has 0 fully saturated rings. The Morgan fingerprint density at radius 1 is 1.11 bits per heavy atom. The van der Waals surface area contributed by atoms with Crippen molar-refractivity contribution < 1.29 is 9.47 Å². The fourth-order valence-electron chi connectivity index (χ4n) is 1.53. The first-order chi connectivity index (χ1) is 9.26. The highest BCUT2D eigenvalue weighted by Gasteiger charge is 2.06. The predicted molar refractivity (Wildman–Crippen MR) is 72.6 cm³/mol. The second kappa shape index (κ2) is 6.12. The quantitative estimate of drug-likeness (QED) is 0.856. The van der Waals surface area contributed by atoms with E-state index in [-0.39, 0.29) is 0 Å². The minimum absolute atomic E-state index is 0.408. The second-order valence-corrected chi connectivity index (χ2v) is 4.69. The van der Waals surface area contributed by atoms with E-state index in [9.17, 15) is 0 Å². The van der Waals surface area contributed by atoms with Gasteiger partial charge in [-0.2, -0.15) is 5.26 Å². The number of hydrogen-bond acceptors (Lipinski definition) is 5. The number of rotatable bonds is 4. The van der Waals surface area contributed by atoms with Crippen molar-refractivity contribution in [3.05, 3.63) is 42.1 Å². The fourth-order valence-corrected chi connectivity index (χ4v) is 2.37. The molecule has 2 rings (SSSR count). The molecule has 0 aliphatic rings. The summed E-state index contributed by atoms with van der Waals surface area (Å²) in [6.45, 7) is 0. The number of aromatic nitrogens is 1. The van der Waals surface area contributed by atoms with Crippen molar-refractivity contribution in [1.29, 1.82) is 5.26 Å². The van der Waals surface area contributed by atoms with Crippen molar-refractivity contribution >= 4 is 11.8 Å². The van der Waals surface area contributed by atoms with Crippen molar-refractivity contribution in [3.63, 3.8) is 0 Å². The van der Waals surface area contributed by atoms with Crippen LogP contribution in [0.5, 0.6) is 11.5 Å². The highest BCUT2D eigenvalue weighted by Crippen LogP contribution is 2.34. The monoisotopic (exact) mass is 272 g/mol. The van der Waals surface area contributed by atoms with Gasteiger partial charge in [0.25, 0.3) is 0 Å². The summed E-state index contributed by atoms with van der Waals surface area (Å²) in [7, 11) is 3.20. The first-order valence-electron chi connectivity index (χ1n) is 5.54. The molecule has 0 bridgehead atoms. The van der Waals surface area contributed by atoms with Gasteiger partial charge in [-0.3, -0.25) is 0 Å². The highest BCUT2D eigenvalue weighted by atomic mass is 32.2. The Balaban J connectivity index is 2.26. The van der Waals surface area contributed by atoms with E-state index in [2.05, 4.69) is 4.98 Å². The molecule has 96 valence electrons. The summed E-state index contributed by atoms with van der Waals surface area (Å²) in [6.07, 6.45) is 0. The van der Waals surface area contributed by atoms with Crippen molar-refractivity contribution in [3.8, 4) is 17.6 Å². The number of pyridine rings is 1. The number of nitriles is 1. The Bertz CT molecular complexity index is 623. The lowest BCUT2D eigenvalue weighted by Crippen LogP contribution is -1.90. The summed E-state index contributed by atoms with van der Waals surface area (Å²) in [5.74, 6) is 1.36. The molecule has 2 aromatic rings. The normalized spacial score (nSPS) is 9.74. The molecule has 0 atom stereocenters. The zero-order valence-corrected chi connectivity index (χ0v) is 11.4. The molecule has 0 saturated carbocycles. The minimum atomic E-state index is 0.408. The van der Waals surface area contributed by atoms with Crippen LogP contribution in [0.4, 0.5) is 0 Å². The molecule has 1 aromatic carbocycles. The molecule has 0 spiro atoms. The zero-order chi connectivity index (χ0) is 13.7. The van der Waals surface area contributed by atoms with Crippen LogP contribution in [0, 0.1) is 11.3 Å². The average molecular weight is 272 g/mol. The van der Waals surface area contributed by atoms with E-state index >= 15 is 0 Å². The van der Waals surface area contributed by atoms with Gasteiger partial charge in [0.15, 0.2) is 11.5 Å². The first-order valence-corrected chi connectivity index (χ1v) is 6.35. The van der Waals surface area contributed by atoms with Gasteiger partial charge in [0.05, 0.1) is 14.2 Å². The second-order valence-electron chi connectivity index (χ2n) is 3.59. The van der Waals surface area contributed by atoms with E-state index in [4.69, 9.17) is 14.7 Å². The van der Waals surface area contributed by atoms with Crippen molar-refractivity contribution in [2.45, 2.75) is 9.92 Å². The number of ether oxygens (including phenoxy) is 2. The summed E-state index contributed by atoms with van der Waals surface area (Å²) < 4.78 is 10.4. The lowest BCUT2D eigenvalue weighted by Gasteiger charge is -2.09. The Hall–Kier alpha value is -2.19. The van der Waals surface area contributed by atoms with Gasteiger partial charge >= 0.3 is 0 Å². The van der Waals surface area contributed by atoms with Crippen molar-refractivity contribution in [1.82, 2.24) is 4.98 Å². The largest absolute Gasteiger partial charge is 0.493 e. The van der Waals surface area contributed by atoms with Gasteiger partial charge in [-0.05, 0) is 30.3 Å². The lowest BCUT2D eigenvalue weighted by molar-refractivity contribution is 0.354. The Morgan fingerprint density at radius 2 is 1.89 bits per heavy atom. The van der Waals surface area contributed by atoms with E-state index < -0.39 is 0 Å². The van der Waals surface area contributed by atoms with Crippen LogP contribution in [-0.2, 0) is 0 Å². The molecule has 0 radical (unpaired) electrons. The maximum absolute atomic E-state index is 8.82. The van der Waals surface area contributed by atoms with E-state index in [0.717, 1.165) is 9.92 Å². The Labute approximate surface area is 116 Å². The minimum Gasteiger partial charge on any atom is -0.493 e. The van der Waals surface area contributed by atoms with Crippen LogP contribution in [0.15, 0.2) is 46.3 Å². The third-order valence-corrected chi connectivity index (χ3v) is 3.34. The van der Waals surface area contributed by atoms with Crippen molar-refractivity contribution in [2.75, 3.05) is 14.2 Å². The van der Waals surface area contributed by atoms with E-state index in [0.29, 0.717) is 17.2 Å². The van der Waals surface area contributed by atoms with Gasteiger partial charge in [0, 0.05) is 4.90 Å².